The third-order valence-corrected chi connectivity index (χ3v) is 4.86. The van der Waals surface area contributed by atoms with E-state index < -0.39 is 4.92 Å². The second-order valence-electron chi connectivity index (χ2n) is 4.86. The van der Waals surface area contributed by atoms with Crippen molar-refractivity contribution in [1.29, 1.82) is 0 Å². The van der Waals surface area contributed by atoms with Gasteiger partial charge in [-0.05, 0) is 36.9 Å². The number of thioether (sulfide) groups is 1. The SMILES string of the molecule is CSc1ccc(C(=O)N[C@H](C)c2ccccc2Br)cc1[N+](=O)[O-]. The van der Waals surface area contributed by atoms with Crippen molar-refractivity contribution in [1.82, 2.24) is 5.32 Å². The first-order chi connectivity index (χ1) is 10.9. The fourth-order valence-corrected chi connectivity index (χ4v) is 3.33. The summed E-state index contributed by atoms with van der Waals surface area (Å²) in [6.45, 7) is 1.86. The number of hydrogen-bond donors (Lipinski definition) is 1. The van der Waals surface area contributed by atoms with Gasteiger partial charge in [0.2, 0.25) is 0 Å². The molecule has 1 atom stereocenters. The molecule has 7 heteroatoms. The summed E-state index contributed by atoms with van der Waals surface area (Å²) >= 11 is 4.73. The number of nitrogens with zero attached hydrogens (tertiary/aromatic N) is 1. The first-order valence-electron chi connectivity index (χ1n) is 6.81. The maximum absolute atomic E-state index is 12.4. The number of hydrogen-bond acceptors (Lipinski definition) is 4. The Morgan fingerprint density at radius 2 is 2.00 bits per heavy atom. The van der Waals surface area contributed by atoms with Gasteiger partial charge in [-0.1, -0.05) is 34.1 Å². The quantitative estimate of drug-likeness (QED) is 0.457. The van der Waals surface area contributed by atoms with Crippen LogP contribution in [0.1, 0.15) is 28.9 Å². The number of nitro groups is 1. The van der Waals surface area contributed by atoms with Crippen LogP contribution in [0.25, 0.3) is 0 Å². The molecule has 120 valence electrons. The van der Waals surface area contributed by atoms with Crippen LogP contribution in [-0.2, 0) is 0 Å². The maximum Gasteiger partial charge on any atom is 0.283 e. The molecule has 0 heterocycles. The normalized spacial score (nSPS) is 11.8. The van der Waals surface area contributed by atoms with E-state index in [-0.39, 0.29) is 23.2 Å². The Morgan fingerprint density at radius 3 is 2.61 bits per heavy atom. The van der Waals surface area contributed by atoms with Crippen LogP contribution in [0.2, 0.25) is 0 Å². The Morgan fingerprint density at radius 1 is 1.30 bits per heavy atom. The predicted octanol–water partition coefficient (Wildman–Crippen LogP) is 4.57. The van der Waals surface area contributed by atoms with Crippen LogP contribution in [-0.4, -0.2) is 17.1 Å². The highest BCUT2D eigenvalue weighted by Crippen LogP contribution is 2.29. The van der Waals surface area contributed by atoms with Crippen LogP contribution < -0.4 is 5.32 Å². The molecule has 0 aliphatic heterocycles. The fraction of sp³-hybridized carbons (Fsp3) is 0.188. The summed E-state index contributed by atoms with van der Waals surface area (Å²) in [4.78, 5) is 23.5. The molecular formula is C16H15BrN2O3S. The standard InChI is InChI=1S/C16H15BrN2O3S/c1-10(12-5-3-4-6-13(12)17)18-16(20)11-7-8-15(23-2)14(9-11)19(21)22/h3-10H,1-2H3,(H,18,20)/t10-/m1/s1. The van der Waals surface area contributed by atoms with E-state index in [0.717, 1.165) is 10.0 Å². The predicted molar refractivity (Wildman–Crippen MR) is 94.9 cm³/mol. The minimum Gasteiger partial charge on any atom is -0.345 e. The zero-order valence-corrected chi connectivity index (χ0v) is 15.0. The third kappa shape index (κ3) is 4.11. The topological polar surface area (TPSA) is 72.2 Å². The molecule has 2 aromatic carbocycles. The highest BCUT2D eigenvalue weighted by atomic mass is 79.9. The summed E-state index contributed by atoms with van der Waals surface area (Å²) in [7, 11) is 0. The molecule has 5 nitrogen and oxygen atoms in total. The molecule has 0 saturated carbocycles. The number of halogens is 1. The second kappa shape index (κ2) is 7.61. The summed E-state index contributed by atoms with van der Waals surface area (Å²) in [5.74, 6) is -0.344. The number of benzene rings is 2. The highest BCUT2D eigenvalue weighted by molar-refractivity contribution is 9.10. The van der Waals surface area contributed by atoms with Gasteiger partial charge in [-0.3, -0.25) is 14.9 Å². The Kier molecular flexibility index (Phi) is 5.79. The number of amides is 1. The maximum atomic E-state index is 12.4. The van der Waals surface area contributed by atoms with Gasteiger partial charge < -0.3 is 5.32 Å². The highest BCUT2D eigenvalue weighted by Gasteiger charge is 2.19. The molecule has 0 bridgehead atoms. The van der Waals surface area contributed by atoms with E-state index in [2.05, 4.69) is 21.2 Å². The molecule has 0 aliphatic carbocycles. The molecule has 0 saturated heterocycles. The Balaban J connectivity index is 2.22. The van der Waals surface area contributed by atoms with Gasteiger partial charge >= 0.3 is 0 Å². The Bertz CT molecular complexity index is 752. The molecule has 0 radical (unpaired) electrons. The van der Waals surface area contributed by atoms with Crippen molar-refractivity contribution in [3.05, 3.63) is 68.2 Å². The number of nitro benzene ring substituents is 1. The summed E-state index contributed by atoms with van der Waals surface area (Å²) < 4.78 is 0.900. The monoisotopic (exact) mass is 394 g/mol. The second-order valence-corrected chi connectivity index (χ2v) is 6.56. The lowest BCUT2D eigenvalue weighted by Crippen LogP contribution is -2.26. The lowest BCUT2D eigenvalue weighted by atomic mass is 10.1. The minimum atomic E-state index is -0.472. The van der Waals surface area contributed by atoms with Gasteiger partial charge in [-0.25, -0.2) is 0 Å². The van der Waals surface area contributed by atoms with Gasteiger partial charge in [0.15, 0.2) is 0 Å². The van der Waals surface area contributed by atoms with Crippen molar-refractivity contribution in [2.75, 3.05) is 6.26 Å². The Hall–Kier alpha value is -1.86. The number of nitrogens with one attached hydrogen (secondary N) is 1. The molecule has 2 rings (SSSR count). The van der Waals surface area contributed by atoms with Crippen LogP contribution in [0, 0.1) is 10.1 Å². The van der Waals surface area contributed by atoms with Gasteiger partial charge in [0, 0.05) is 16.1 Å². The fourth-order valence-electron chi connectivity index (χ4n) is 2.16. The van der Waals surface area contributed by atoms with Gasteiger partial charge in [-0.2, -0.15) is 0 Å². The number of carbonyl (C=O) groups excluding carboxylic acids is 1. The molecule has 0 aromatic heterocycles. The van der Waals surface area contributed by atoms with E-state index in [1.807, 2.05) is 31.2 Å². The number of carbonyl (C=O) groups is 1. The zero-order valence-electron chi connectivity index (χ0n) is 12.6. The largest absolute Gasteiger partial charge is 0.345 e. The van der Waals surface area contributed by atoms with E-state index in [9.17, 15) is 14.9 Å². The van der Waals surface area contributed by atoms with Crippen molar-refractivity contribution in [2.45, 2.75) is 17.9 Å². The zero-order chi connectivity index (χ0) is 17.0. The summed E-state index contributed by atoms with van der Waals surface area (Å²) in [5.41, 5.74) is 1.16. The van der Waals surface area contributed by atoms with Crippen LogP contribution >= 0.6 is 27.7 Å². The van der Waals surface area contributed by atoms with Crippen LogP contribution in [0.4, 0.5) is 5.69 Å². The first-order valence-corrected chi connectivity index (χ1v) is 8.83. The van der Waals surface area contributed by atoms with E-state index in [1.54, 1.807) is 18.4 Å². The first kappa shape index (κ1) is 17.5. The lowest BCUT2D eigenvalue weighted by Gasteiger charge is -2.16. The van der Waals surface area contributed by atoms with Crippen molar-refractivity contribution in [3.63, 3.8) is 0 Å². The lowest BCUT2D eigenvalue weighted by molar-refractivity contribution is -0.387. The van der Waals surface area contributed by atoms with Crippen LogP contribution in [0.3, 0.4) is 0 Å². The van der Waals surface area contributed by atoms with Crippen molar-refractivity contribution in [3.8, 4) is 0 Å². The summed E-state index contributed by atoms with van der Waals surface area (Å²) in [6.07, 6.45) is 1.76. The van der Waals surface area contributed by atoms with E-state index >= 15 is 0 Å². The molecule has 1 N–H and O–H groups in total. The average Bonchev–Trinajstić information content (AvgIpc) is 2.54. The van der Waals surface area contributed by atoms with Crippen molar-refractivity contribution >= 4 is 39.3 Å². The molecule has 0 fully saturated rings. The van der Waals surface area contributed by atoms with E-state index in [0.29, 0.717) is 4.90 Å². The average molecular weight is 395 g/mol. The van der Waals surface area contributed by atoms with Crippen LogP contribution in [0.5, 0.6) is 0 Å². The summed E-state index contributed by atoms with van der Waals surface area (Å²) in [6, 6.07) is 11.9. The number of rotatable bonds is 5. The molecule has 2 aromatic rings. The molecule has 23 heavy (non-hydrogen) atoms. The van der Waals surface area contributed by atoms with Gasteiger partial charge in [0.25, 0.3) is 11.6 Å². The van der Waals surface area contributed by atoms with E-state index in [4.69, 9.17) is 0 Å². The third-order valence-electron chi connectivity index (χ3n) is 3.36. The molecule has 0 aliphatic rings. The van der Waals surface area contributed by atoms with Crippen molar-refractivity contribution < 1.29 is 9.72 Å². The summed E-state index contributed by atoms with van der Waals surface area (Å²) in [5, 5.41) is 14.0. The van der Waals surface area contributed by atoms with Crippen molar-refractivity contribution in [2.24, 2.45) is 0 Å². The molecule has 1 amide bonds. The van der Waals surface area contributed by atoms with Gasteiger partial charge in [0.05, 0.1) is 15.9 Å². The smallest absolute Gasteiger partial charge is 0.283 e. The van der Waals surface area contributed by atoms with Crippen LogP contribution in [0.15, 0.2) is 51.8 Å². The van der Waals surface area contributed by atoms with E-state index in [1.165, 1.54) is 17.8 Å². The van der Waals surface area contributed by atoms with Gasteiger partial charge in [0.1, 0.15) is 0 Å². The molecular weight excluding hydrogens is 380 g/mol. The minimum absolute atomic E-state index is 0.0568. The van der Waals surface area contributed by atoms with Gasteiger partial charge in [-0.15, -0.1) is 11.8 Å². The molecule has 0 spiro atoms. The Labute approximate surface area is 146 Å². The molecule has 0 unspecified atom stereocenters.